The summed E-state index contributed by atoms with van der Waals surface area (Å²) in [5.74, 6) is 1.14. The Hall–Kier alpha value is -3.28. The lowest BCUT2D eigenvalue weighted by Crippen LogP contribution is -2.60. The third-order valence-corrected chi connectivity index (χ3v) is 9.39. The average molecular weight is 610 g/mol. The van der Waals surface area contributed by atoms with E-state index < -0.39 is 0 Å². The Balaban J connectivity index is 0.000000197. The Kier molecular flexibility index (Phi) is 11.9. The maximum Gasteiger partial charge on any atom is 0.308 e. The summed E-state index contributed by atoms with van der Waals surface area (Å²) < 4.78 is 4.82. The molecule has 0 unspecified atom stereocenters. The molecule has 44 heavy (non-hydrogen) atoms. The van der Waals surface area contributed by atoms with Crippen LogP contribution in [0, 0.1) is 11.3 Å². The van der Waals surface area contributed by atoms with Gasteiger partial charge in [-0.05, 0) is 63.4 Å². The molecule has 1 aromatic carbocycles. The zero-order valence-corrected chi connectivity index (χ0v) is 27.2. The van der Waals surface area contributed by atoms with Crippen LogP contribution in [0.2, 0.25) is 0 Å². The van der Waals surface area contributed by atoms with Crippen molar-refractivity contribution in [2.24, 2.45) is 11.3 Å². The highest BCUT2D eigenvalue weighted by Gasteiger charge is 2.56. The van der Waals surface area contributed by atoms with Gasteiger partial charge in [0.15, 0.2) is 5.82 Å². The number of aldehydes is 1. The summed E-state index contributed by atoms with van der Waals surface area (Å²) in [7, 11) is 5.63. The van der Waals surface area contributed by atoms with Crippen molar-refractivity contribution in [1.29, 1.82) is 0 Å². The van der Waals surface area contributed by atoms with Crippen molar-refractivity contribution in [1.82, 2.24) is 24.9 Å². The molecule has 3 heterocycles. The number of likely N-dealkylation sites (N-methyl/N-ethyl adjacent to an activating group) is 2. The first kappa shape index (κ1) is 33.6. The third-order valence-electron chi connectivity index (χ3n) is 9.39. The minimum Gasteiger partial charge on any atom is -0.507 e. The fraction of sp³-hybridized carbons (Fsp3) is 0.636. The van der Waals surface area contributed by atoms with Gasteiger partial charge in [-0.2, -0.15) is 0 Å². The number of phenols is 1. The molecule has 2 aliphatic carbocycles. The van der Waals surface area contributed by atoms with Crippen molar-refractivity contribution in [2.75, 3.05) is 90.3 Å². The van der Waals surface area contributed by atoms with Gasteiger partial charge in [-0.3, -0.25) is 14.6 Å². The Labute approximate surface area is 262 Å². The molecular weight excluding hydrogens is 558 g/mol. The Bertz CT molecular complexity index is 1220. The van der Waals surface area contributed by atoms with Gasteiger partial charge < -0.3 is 29.8 Å². The van der Waals surface area contributed by atoms with Crippen LogP contribution < -0.4 is 10.2 Å². The van der Waals surface area contributed by atoms with E-state index in [1.165, 1.54) is 46.1 Å². The van der Waals surface area contributed by atoms with E-state index in [9.17, 15) is 14.7 Å². The number of nitrogens with zero attached hydrogens (tertiary/aromatic N) is 6. The minimum atomic E-state index is 0.00340. The fourth-order valence-electron chi connectivity index (χ4n) is 6.78. The second-order valence-electron chi connectivity index (χ2n) is 12.4. The summed E-state index contributed by atoms with van der Waals surface area (Å²) in [5, 5.41) is 21.8. The molecule has 11 nitrogen and oxygen atoms in total. The lowest BCUT2D eigenvalue weighted by atomic mass is 9.49. The minimum absolute atomic E-state index is 0.00340. The molecule has 2 aromatic rings. The first-order valence-electron chi connectivity index (χ1n) is 16.1. The van der Waals surface area contributed by atoms with Crippen LogP contribution in [0.5, 0.6) is 5.75 Å². The van der Waals surface area contributed by atoms with Gasteiger partial charge in [0.25, 0.3) is 0 Å². The van der Waals surface area contributed by atoms with Crippen molar-refractivity contribution in [3.63, 3.8) is 0 Å². The van der Waals surface area contributed by atoms with Gasteiger partial charge in [0, 0.05) is 64.0 Å². The molecule has 3 fully saturated rings. The first-order chi connectivity index (χ1) is 21.3. The molecular formula is C33H51N7O4. The number of hydrogen-bond acceptors (Lipinski definition) is 11. The third kappa shape index (κ3) is 8.05. The number of piperazine rings is 1. The van der Waals surface area contributed by atoms with E-state index in [0.29, 0.717) is 23.2 Å². The molecule has 4 aliphatic rings. The summed E-state index contributed by atoms with van der Waals surface area (Å²) in [6.45, 7) is 12.5. The zero-order chi connectivity index (χ0) is 31.7. The standard InChI is InChI=1S/C17H21N5O2.C14H24N2O2.C2H6/c1-21(10-11-23)8-9-22-7-6-18-17-15(22)12-14(19-20-17)13-4-2-3-5-16(13)24;1-15-3-5-16(6-4-15)12-9-14(10-12)7-11(8-14)13(17)18-2;1-2/h2-5,11-12,24H,6-10H2,1H3,(H,18,20);11-12H,3-10H2,1-2H3;1-2H3. The molecule has 11 heteroatoms. The fourth-order valence-corrected chi connectivity index (χ4v) is 6.78. The van der Waals surface area contributed by atoms with Crippen LogP contribution >= 0.6 is 0 Å². The first-order valence-corrected chi connectivity index (χ1v) is 16.1. The molecule has 0 radical (unpaired) electrons. The number of esters is 1. The second-order valence-corrected chi connectivity index (χ2v) is 12.4. The highest BCUT2D eigenvalue weighted by Crippen LogP contribution is 2.60. The molecule has 2 saturated carbocycles. The summed E-state index contributed by atoms with van der Waals surface area (Å²) in [4.78, 5) is 31.3. The van der Waals surface area contributed by atoms with Crippen LogP contribution in [-0.4, -0.2) is 128 Å². The van der Waals surface area contributed by atoms with Crippen LogP contribution in [-0.2, 0) is 14.3 Å². The molecule has 2 aliphatic heterocycles. The van der Waals surface area contributed by atoms with Crippen molar-refractivity contribution < 1.29 is 19.4 Å². The van der Waals surface area contributed by atoms with E-state index in [0.717, 1.165) is 62.9 Å². The van der Waals surface area contributed by atoms with Gasteiger partial charge in [0.05, 0.1) is 31.0 Å². The van der Waals surface area contributed by atoms with Crippen molar-refractivity contribution in [3.05, 3.63) is 30.3 Å². The van der Waals surface area contributed by atoms with E-state index in [4.69, 9.17) is 4.74 Å². The molecule has 242 valence electrons. The SMILES string of the molecule is CC.CN(CC=O)CCN1CCNc2nnc(-c3ccccc3O)cc21.COC(=O)C1CC2(C1)CC(N1CCN(C)CC1)C2. The van der Waals surface area contributed by atoms with Crippen molar-refractivity contribution in [2.45, 2.75) is 45.6 Å². The van der Waals surface area contributed by atoms with Crippen LogP contribution in [0.4, 0.5) is 11.5 Å². The topological polar surface area (TPSA) is 114 Å². The predicted molar refractivity (Wildman–Crippen MR) is 174 cm³/mol. The van der Waals surface area contributed by atoms with Crippen LogP contribution in [0.15, 0.2) is 30.3 Å². The maximum atomic E-state index is 11.4. The summed E-state index contributed by atoms with van der Waals surface area (Å²) in [6, 6.07) is 9.84. The number of carbonyl (C=O) groups is 2. The Morgan fingerprint density at radius 3 is 2.48 bits per heavy atom. The highest BCUT2D eigenvalue weighted by atomic mass is 16.5. The summed E-state index contributed by atoms with van der Waals surface area (Å²) >= 11 is 0. The monoisotopic (exact) mass is 609 g/mol. The summed E-state index contributed by atoms with van der Waals surface area (Å²) in [5.41, 5.74) is 2.78. The van der Waals surface area contributed by atoms with Gasteiger partial charge in [-0.15, -0.1) is 10.2 Å². The van der Waals surface area contributed by atoms with E-state index in [-0.39, 0.29) is 17.6 Å². The number of para-hydroxylation sites is 1. The number of ether oxygens (including phenoxy) is 1. The number of hydrogen-bond donors (Lipinski definition) is 2. The average Bonchev–Trinajstić information content (AvgIpc) is 3.01. The number of aromatic hydroxyl groups is 1. The normalized spacial score (nSPS) is 24.4. The molecule has 0 atom stereocenters. The predicted octanol–water partition coefficient (Wildman–Crippen LogP) is 3.20. The van der Waals surface area contributed by atoms with Gasteiger partial charge in [0.1, 0.15) is 12.0 Å². The lowest BCUT2D eigenvalue weighted by Gasteiger charge is -2.60. The quantitative estimate of drug-likeness (QED) is 0.340. The van der Waals surface area contributed by atoms with Crippen LogP contribution in [0.25, 0.3) is 11.3 Å². The van der Waals surface area contributed by atoms with Crippen molar-refractivity contribution >= 4 is 23.8 Å². The summed E-state index contributed by atoms with van der Waals surface area (Å²) in [6.07, 6.45) is 5.68. The molecule has 0 bridgehead atoms. The van der Waals surface area contributed by atoms with E-state index >= 15 is 0 Å². The number of benzene rings is 1. The molecule has 1 saturated heterocycles. The number of aromatic nitrogens is 2. The van der Waals surface area contributed by atoms with Crippen LogP contribution in [0.1, 0.15) is 39.5 Å². The number of nitrogens with one attached hydrogen (secondary N) is 1. The number of methoxy groups -OCH3 is 1. The molecule has 0 amide bonds. The van der Waals surface area contributed by atoms with Crippen LogP contribution in [0.3, 0.4) is 0 Å². The van der Waals surface area contributed by atoms with E-state index in [2.05, 4.69) is 37.3 Å². The lowest BCUT2D eigenvalue weighted by molar-refractivity contribution is -0.163. The number of rotatable bonds is 8. The molecule has 1 aromatic heterocycles. The largest absolute Gasteiger partial charge is 0.507 e. The molecule has 6 rings (SSSR count). The number of carbonyl (C=O) groups excluding carboxylic acids is 2. The van der Waals surface area contributed by atoms with Gasteiger partial charge in [0.2, 0.25) is 0 Å². The highest BCUT2D eigenvalue weighted by molar-refractivity contribution is 5.76. The van der Waals surface area contributed by atoms with E-state index in [1.54, 1.807) is 12.1 Å². The zero-order valence-electron chi connectivity index (χ0n) is 27.2. The molecule has 1 spiro atoms. The van der Waals surface area contributed by atoms with E-state index in [1.807, 2.05) is 44.0 Å². The Morgan fingerprint density at radius 2 is 1.82 bits per heavy atom. The van der Waals surface area contributed by atoms with Crippen molar-refractivity contribution in [3.8, 4) is 17.0 Å². The molecule has 2 N–H and O–H groups in total. The smallest absolute Gasteiger partial charge is 0.308 e. The Morgan fingerprint density at radius 1 is 1.11 bits per heavy atom. The number of fused-ring (bicyclic) bond motifs is 1. The maximum absolute atomic E-state index is 11.4. The number of anilines is 2. The second kappa shape index (κ2) is 15.6. The van der Waals surface area contributed by atoms with Gasteiger partial charge in [-0.1, -0.05) is 26.0 Å². The number of phenolic OH excluding ortho intramolecular Hbond substituents is 1. The van der Waals surface area contributed by atoms with Gasteiger partial charge >= 0.3 is 5.97 Å². The van der Waals surface area contributed by atoms with Gasteiger partial charge in [-0.25, -0.2) is 0 Å².